The molecule has 0 aliphatic heterocycles. The first-order valence-corrected chi connectivity index (χ1v) is 8.99. The van der Waals surface area contributed by atoms with E-state index in [1.807, 2.05) is 30.3 Å². The molecular weight excluding hydrogens is 268 g/mol. The monoisotopic (exact) mass is 286 g/mol. The van der Waals surface area contributed by atoms with Gasteiger partial charge in [-0.3, -0.25) is 0 Å². The summed E-state index contributed by atoms with van der Waals surface area (Å²) in [5.41, 5.74) is 2.20. The topological polar surface area (TPSA) is 34.1 Å². The Hall–Kier alpha value is -1.35. The van der Waals surface area contributed by atoms with Crippen LogP contribution in [0.1, 0.15) is 18.9 Å². The Morgan fingerprint density at radius 2 is 1.70 bits per heavy atom. The molecule has 3 heteroatoms. The average Bonchev–Trinajstić information content (AvgIpc) is 2.97. The molecule has 104 valence electrons. The van der Waals surface area contributed by atoms with Gasteiger partial charge in [-0.05, 0) is 35.3 Å². The minimum atomic E-state index is -3.09. The molecule has 1 aromatic rings. The number of hydrogen-bond acceptors (Lipinski definition) is 2. The maximum absolute atomic E-state index is 12.5. The fraction of sp³-hybridized carbons (Fsp3) is 0.412. The average molecular weight is 286 g/mol. The third-order valence-electron chi connectivity index (χ3n) is 5.16. The van der Waals surface area contributed by atoms with Gasteiger partial charge in [-0.15, -0.1) is 0 Å². The summed E-state index contributed by atoms with van der Waals surface area (Å²) in [4.78, 5) is 0.744. The summed E-state index contributed by atoms with van der Waals surface area (Å²) < 4.78 is 25.0. The molecular formula is C17H18O2S. The molecule has 3 aliphatic rings. The zero-order valence-corrected chi connectivity index (χ0v) is 12.3. The van der Waals surface area contributed by atoms with Crippen LogP contribution >= 0.6 is 0 Å². The van der Waals surface area contributed by atoms with E-state index in [-0.39, 0.29) is 11.7 Å². The van der Waals surface area contributed by atoms with Crippen LogP contribution in [0.15, 0.2) is 47.4 Å². The van der Waals surface area contributed by atoms with Gasteiger partial charge in [0.2, 0.25) is 0 Å². The number of allylic oxidation sites excluding steroid dienone is 4. The first-order valence-electron chi connectivity index (χ1n) is 7.34. The largest absolute Gasteiger partial charge is 0.224 e. The molecule has 20 heavy (non-hydrogen) atoms. The molecule has 1 fully saturated rings. The van der Waals surface area contributed by atoms with Crippen LogP contribution in [0.3, 0.4) is 0 Å². The van der Waals surface area contributed by atoms with Crippen molar-refractivity contribution in [3.05, 3.63) is 53.0 Å². The second-order valence-corrected chi connectivity index (χ2v) is 8.29. The molecule has 0 N–H and O–H groups in total. The summed E-state index contributed by atoms with van der Waals surface area (Å²) in [7, 11) is -3.09. The molecule has 1 saturated carbocycles. The predicted molar refractivity (Wildman–Crippen MR) is 80.5 cm³/mol. The number of rotatable bonds is 3. The van der Waals surface area contributed by atoms with Crippen molar-refractivity contribution in [2.45, 2.75) is 13.3 Å². The van der Waals surface area contributed by atoms with Crippen LogP contribution in [0, 0.1) is 23.7 Å². The molecule has 2 nitrogen and oxygen atoms in total. The van der Waals surface area contributed by atoms with Crippen molar-refractivity contribution in [1.82, 2.24) is 0 Å². The van der Waals surface area contributed by atoms with Crippen molar-refractivity contribution in [2.24, 2.45) is 23.7 Å². The molecule has 4 atom stereocenters. The van der Waals surface area contributed by atoms with E-state index in [9.17, 15) is 8.42 Å². The van der Waals surface area contributed by atoms with Gasteiger partial charge in [-0.2, -0.15) is 0 Å². The molecule has 0 unspecified atom stereocenters. The molecule has 0 aromatic heterocycles. The van der Waals surface area contributed by atoms with Crippen molar-refractivity contribution < 1.29 is 8.42 Å². The highest BCUT2D eigenvalue weighted by molar-refractivity contribution is 7.95. The Bertz CT molecular complexity index is 713. The summed E-state index contributed by atoms with van der Waals surface area (Å²) in [5, 5.41) is 0. The lowest BCUT2D eigenvalue weighted by molar-refractivity contribution is 0.405. The van der Waals surface area contributed by atoms with Gasteiger partial charge in [-0.25, -0.2) is 8.42 Å². The van der Waals surface area contributed by atoms with E-state index in [0.717, 1.165) is 22.5 Å². The van der Waals surface area contributed by atoms with Gasteiger partial charge in [0.15, 0.2) is 9.84 Å². The summed E-state index contributed by atoms with van der Waals surface area (Å²) >= 11 is 0. The van der Waals surface area contributed by atoms with Gasteiger partial charge in [0, 0.05) is 5.92 Å². The van der Waals surface area contributed by atoms with E-state index in [1.165, 1.54) is 0 Å². The minimum absolute atomic E-state index is 0.211. The number of hydrogen-bond donors (Lipinski definition) is 0. The number of benzene rings is 1. The highest BCUT2D eigenvalue weighted by Crippen LogP contribution is 2.64. The van der Waals surface area contributed by atoms with Gasteiger partial charge < -0.3 is 0 Å². The fourth-order valence-electron chi connectivity index (χ4n) is 4.30. The van der Waals surface area contributed by atoms with E-state index < -0.39 is 9.84 Å². The Morgan fingerprint density at radius 1 is 1.05 bits per heavy atom. The Morgan fingerprint density at radius 3 is 2.35 bits per heavy atom. The Kier molecular flexibility index (Phi) is 2.53. The van der Waals surface area contributed by atoms with Crippen molar-refractivity contribution in [1.29, 1.82) is 0 Å². The van der Waals surface area contributed by atoms with Crippen LogP contribution in [0.5, 0.6) is 0 Å². The molecule has 0 heterocycles. The molecule has 3 aliphatic carbocycles. The smallest absolute Gasteiger partial charge is 0.174 e. The van der Waals surface area contributed by atoms with E-state index >= 15 is 0 Å². The third-order valence-corrected chi connectivity index (χ3v) is 7.08. The maximum Gasteiger partial charge on any atom is 0.174 e. The third kappa shape index (κ3) is 1.47. The summed E-state index contributed by atoms with van der Waals surface area (Å²) in [5.74, 6) is 1.90. The molecule has 4 rings (SSSR count). The molecule has 0 saturated heterocycles. The predicted octanol–water partition coefficient (Wildman–Crippen LogP) is 3.28. The van der Waals surface area contributed by atoms with E-state index in [4.69, 9.17) is 0 Å². The highest BCUT2D eigenvalue weighted by atomic mass is 32.2. The van der Waals surface area contributed by atoms with E-state index in [0.29, 0.717) is 17.8 Å². The lowest BCUT2D eigenvalue weighted by atomic mass is 9.66. The van der Waals surface area contributed by atoms with Gasteiger partial charge in [0.05, 0.1) is 10.7 Å². The molecule has 0 spiro atoms. The maximum atomic E-state index is 12.5. The van der Waals surface area contributed by atoms with Crippen molar-refractivity contribution in [3.63, 3.8) is 0 Å². The molecule has 1 aromatic carbocycles. The van der Waals surface area contributed by atoms with Gasteiger partial charge >= 0.3 is 0 Å². The van der Waals surface area contributed by atoms with Crippen LogP contribution in [-0.2, 0) is 9.84 Å². The SMILES string of the molecule is CCS(=O)(=O)C1=C(c2ccccc2)[C@@H]2[C@H]1[C@H]1C=C[C@@H]2C1. The highest BCUT2D eigenvalue weighted by Gasteiger charge is 2.57. The molecule has 2 bridgehead atoms. The first-order chi connectivity index (χ1) is 9.63. The Balaban J connectivity index is 1.90. The first kappa shape index (κ1) is 12.4. The van der Waals surface area contributed by atoms with Crippen LogP contribution in [-0.4, -0.2) is 14.2 Å². The zero-order valence-electron chi connectivity index (χ0n) is 11.5. The Labute approximate surface area is 120 Å². The van der Waals surface area contributed by atoms with Crippen LogP contribution in [0.25, 0.3) is 5.57 Å². The quantitative estimate of drug-likeness (QED) is 0.799. The molecule has 0 amide bonds. The van der Waals surface area contributed by atoms with Crippen molar-refractivity contribution in [3.8, 4) is 0 Å². The summed E-state index contributed by atoms with van der Waals surface area (Å²) in [6, 6.07) is 10.1. The standard InChI is InChI=1S/C17H18O2S/c1-2-20(18,19)17-15(11-6-4-3-5-7-11)14-12-8-9-13(10-12)16(14)17/h3-9,12-14,16H,2,10H2,1H3/t12-,13+,14-,16-/m1/s1. The van der Waals surface area contributed by atoms with Crippen molar-refractivity contribution in [2.75, 3.05) is 5.75 Å². The fourth-order valence-corrected chi connectivity index (χ4v) is 5.94. The number of fused-ring (bicyclic) bond motifs is 5. The van der Waals surface area contributed by atoms with Crippen LogP contribution in [0.2, 0.25) is 0 Å². The minimum Gasteiger partial charge on any atom is -0.224 e. The second-order valence-electron chi connectivity index (χ2n) is 6.05. The summed E-state index contributed by atoms with van der Waals surface area (Å²) in [6.07, 6.45) is 5.66. The summed E-state index contributed by atoms with van der Waals surface area (Å²) in [6.45, 7) is 1.75. The van der Waals surface area contributed by atoms with Crippen molar-refractivity contribution >= 4 is 15.4 Å². The zero-order chi connectivity index (χ0) is 13.9. The lowest BCUT2D eigenvalue weighted by Gasteiger charge is -2.42. The van der Waals surface area contributed by atoms with Gasteiger partial charge in [0.1, 0.15) is 0 Å². The van der Waals surface area contributed by atoms with E-state index in [2.05, 4.69) is 12.2 Å². The normalized spacial score (nSPS) is 34.2. The second kappa shape index (κ2) is 4.08. The number of sulfone groups is 1. The van der Waals surface area contributed by atoms with E-state index in [1.54, 1.807) is 6.92 Å². The lowest BCUT2D eigenvalue weighted by Crippen LogP contribution is -2.37. The molecule has 0 radical (unpaired) electrons. The van der Waals surface area contributed by atoms with Gasteiger partial charge in [0.25, 0.3) is 0 Å². The van der Waals surface area contributed by atoms with Crippen LogP contribution < -0.4 is 0 Å². The van der Waals surface area contributed by atoms with Crippen LogP contribution in [0.4, 0.5) is 0 Å². The van der Waals surface area contributed by atoms with Gasteiger partial charge in [-0.1, -0.05) is 49.4 Å².